The van der Waals surface area contributed by atoms with Gasteiger partial charge < -0.3 is 20.1 Å². The van der Waals surface area contributed by atoms with Crippen LogP contribution >= 0.6 is 11.6 Å². The van der Waals surface area contributed by atoms with Gasteiger partial charge in [0.05, 0.1) is 12.5 Å². The van der Waals surface area contributed by atoms with E-state index in [4.69, 9.17) is 21.1 Å². The zero-order valence-corrected chi connectivity index (χ0v) is 13.2. The largest absolute Gasteiger partial charge is 0.497 e. The van der Waals surface area contributed by atoms with Gasteiger partial charge in [0.25, 0.3) is 5.91 Å². The monoisotopic (exact) mass is 314 g/mol. The van der Waals surface area contributed by atoms with Gasteiger partial charge in [-0.1, -0.05) is 24.8 Å². The molecule has 1 amide bonds. The summed E-state index contributed by atoms with van der Waals surface area (Å²) in [5, 5.41) is 5.77. The van der Waals surface area contributed by atoms with Gasteiger partial charge in [-0.15, -0.1) is 0 Å². The molecule has 0 aliphatic carbocycles. The lowest BCUT2D eigenvalue weighted by Gasteiger charge is -2.18. The lowest BCUT2D eigenvalue weighted by atomic mass is 10.2. The molecule has 0 aromatic carbocycles. The van der Waals surface area contributed by atoms with E-state index in [1.165, 1.54) is 18.1 Å². The quantitative estimate of drug-likeness (QED) is 0.454. The van der Waals surface area contributed by atoms with Crippen molar-refractivity contribution in [3.8, 4) is 0 Å². The van der Waals surface area contributed by atoms with Gasteiger partial charge in [0.2, 0.25) is 6.10 Å². The SMILES string of the molecule is C=COCC(O/C=C/C=C/Cl)C(=O)NC(=C)CC(C)NC. The normalized spacial score (nSPS) is 13.9. The number of halogens is 1. The number of hydrogen-bond donors (Lipinski definition) is 2. The van der Waals surface area contributed by atoms with E-state index in [1.54, 1.807) is 12.2 Å². The number of carbonyl (C=O) groups excluding carboxylic acids is 1. The maximum atomic E-state index is 12.1. The third-order valence-corrected chi connectivity index (χ3v) is 2.65. The van der Waals surface area contributed by atoms with Gasteiger partial charge in [-0.3, -0.25) is 4.79 Å². The van der Waals surface area contributed by atoms with Crippen LogP contribution in [0.5, 0.6) is 0 Å². The summed E-state index contributed by atoms with van der Waals surface area (Å²) in [5.74, 6) is -0.329. The van der Waals surface area contributed by atoms with Crippen molar-refractivity contribution in [2.24, 2.45) is 0 Å². The summed E-state index contributed by atoms with van der Waals surface area (Å²) in [7, 11) is 1.85. The van der Waals surface area contributed by atoms with Crippen molar-refractivity contribution in [2.45, 2.75) is 25.5 Å². The van der Waals surface area contributed by atoms with Crippen molar-refractivity contribution in [3.05, 3.63) is 49.1 Å². The summed E-state index contributed by atoms with van der Waals surface area (Å²) in [5.41, 5.74) is 1.94. The fraction of sp³-hybridized carbons (Fsp3) is 0.400. The van der Waals surface area contributed by atoms with E-state index in [2.05, 4.69) is 23.8 Å². The average molecular weight is 315 g/mol. The zero-order valence-electron chi connectivity index (χ0n) is 12.5. The van der Waals surface area contributed by atoms with Crippen LogP contribution in [-0.2, 0) is 14.3 Å². The Morgan fingerprint density at radius 1 is 1.43 bits per heavy atom. The van der Waals surface area contributed by atoms with Crippen molar-refractivity contribution in [3.63, 3.8) is 0 Å². The van der Waals surface area contributed by atoms with Crippen LogP contribution in [0.2, 0.25) is 0 Å². The van der Waals surface area contributed by atoms with Crippen LogP contribution in [0.15, 0.2) is 49.1 Å². The molecule has 0 saturated heterocycles. The van der Waals surface area contributed by atoms with Gasteiger partial charge in [0.15, 0.2) is 0 Å². The number of allylic oxidation sites excluding steroid dienone is 2. The summed E-state index contributed by atoms with van der Waals surface area (Å²) in [6, 6.07) is 0.218. The second kappa shape index (κ2) is 12.1. The Bertz CT molecular complexity index is 394. The van der Waals surface area contributed by atoms with Crippen molar-refractivity contribution >= 4 is 17.5 Å². The molecule has 0 aromatic rings. The first-order valence-corrected chi connectivity index (χ1v) is 6.94. The van der Waals surface area contributed by atoms with Gasteiger partial charge in [0.1, 0.15) is 6.61 Å². The molecular formula is C15H23ClN2O3. The Balaban J connectivity index is 4.48. The van der Waals surface area contributed by atoms with E-state index in [0.717, 1.165) is 0 Å². The fourth-order valence-electron chi connectivity index (χ4n) is 1.34. The van der Waals surface area contributed by atoms with Crippen LogP contribution < -0.4 is 10.6 Å². The highest BCUT2D eigenvalue weighted by Crippen LogP contribution is 2.02. The lowest BCUT2D eigenvalue weighted by molar-refractivity contribution is -0.131. The molecule has 21 heavy (non-hydrogen) atoms. The van der Waals surface area contributed by atoms with Gasteiger partial charge >= 0.3 is 0 Å². The molecule has 2 atom stereocenters. The van der Waals surface area contributed by atoms with Crippen LogP contribution in [-0.4, -0.2) is 31.7 Å². The van der Waals surface area contributed by atoms with E-state index in [1.807, 2.05) is 14.0 Å². The molecule has 6 heteroatoms. The Labute approximate surface area is 131 Å². The number of carbonyl (C=O) groups is 1. The molecule has 0 aliphatic heterocycles. The minimum Gasteiger partial charge on any atom is -0.497 e. The number of rotatable bonds is 11. The van der Waals surface area contributed by atoms with Gasteiger partial charge in [0, 0.05) is 23.7 Å². The molecule has 2 N–H and O–H groups in total. The zero-order chi connectivity index (χ0) is 16.1. The minimum absolute atomic E-state index is 0.0547. The smallest absolute Gasteiger partial charge is 0.268 e. The summed E-state index contributed by atoms with van der Waals surface area (Å²) in [4.78, 5) is 12.1. The standard InChI is InChI=1S/C15H23ClN2O3/c1-5-20-11-14(21-9-7-6-8-16)15(19)18-13(3)10-12(2)17-4/h5-9,12,14,17H,1,3,10-11H2,2,4H3,(H,18,19)/b8-6+,9-7+. The first-order chi connectivity index (χ1) is 10.0. The average Bonchev–Trinajstić information content (AvgIpc) is 2.45. The molecule has 0 aromatic heterocycles. The van der Waals surface area contributed by atoms with Crippen LogP contribution in [0.25, 0.3) is 0 Å². The molecule has 0 rings (SSSR count). The third kappa shape index (κ3) is 9.76. The number of ether oxygens (including phenoxy) is 2. The molecule has 0 heterocycles. The molecule has 0 bridgehead atoms. The summed E-state index contributed by atoms with van der Waals surface area (Å²) < 4.78 is 10.3. The Kier molecular flexibility index (Phi) is 11.1. The lowest BCUT2D eigenvalue weighted by Crippen LogP contribution is -2.38. The maximum absolute atomic E-state index is 12.1. The highest BCUT2D eigenvalue weighted by Gasteiger charge is 2.20. The molecule has 0 fully saturated rings. The third-order valence-electron chi connectivity index (χ3n) is 2.51. The van der Waals surface area contributed by atoms with Crippen molar-refractivity contribution < 1.29 is 14.3 Å². The van der Waals surface area contributed by atoms with Crippen molar-refractivity contribution in [2.75, 3.05) is 13.7 Å². The Morgan fingerprint density at radius 3 is 2.71 bits per heavy atom. The summed E-state index contributed by atoms with van der Waals surface area (Å²) >= 11 is 5.37. The fourth-order valence-corrected chi connectivity index (χ4v) is 1.42. The van der Waals surface area contributed by atoms with Crippen molar-refractivity contribution in [1.82, 2.24) is 10.6 Å². The highest BCUT2D eigenvalue weighted by molar-refractivity contribution is 6.25. The van der Waals surface area contributed by atoms with Crippen LogP contribution in [0, 0.1) is 0 Å². The number of amides is 1. The second-order valence-electron chi connectivity index (χ2n) is 4.26. The molecule has 0 spiro atoms. The summed E-state index contributed by atoms with van der Waals surface area (Å²) in [6.07, 6.45) is 5.59. The van der Waals surface area contributed by atoms with Gasteiger partial charge in [-0.2, -0.15) is 0 Å². The molecule has 118 valence electrons. The topological polar surface area (TPSA) is 59.6 Å². The first kappa shape index (κ1) is 19.3. The predicted octanol–water partition coefficient (Wildman–Crippen LogP) is 2.43. The van der Waals surface area contributed by atoms with Gasteiger partial charge in [-0.05, 0) is 26.1 Å². The molecule has 2 unspecified atom stereocenters. The minimum atomic E-state index is -0.801. The summed E-state index contributed by atoms with van der Waals surface area (Å²) in [6.45, 7) is 9.30. The number of hydrogen-bond acceptors (Lipinski definition) is 4. The van der Waals surface area contributed by atoms with Crippen LogP contribution in [0.3, 0.4) is 0 Å². The van der Waals surface area contributed by atoms with E-state index < -0.39 is 6.10 Å². The predicted molar refractivity (Wildman–Crippen MR) is 85.6 cm³/mol. The van der Waals surface area contributed by atoms with Crippen LogP contribution in [0.1, 0.15) is 13.3 Å². The second-order valence-corrected chi connectivity index (χ2v) is 4.51. The maximum Gasteiger partial charge on any atom is 0.268 e. The van der Waals surface area contributed by atoms with Crippen molar-refractivity contribution in [1.29, 1.82) is 0 Å². The van der Waals surface area contributed by atoms with E-state index in [9.17, 15) is 4.79 Å². The van der Waals surface area contributed by atoms with E-state index >= 15 is 0 Å². The molecule has 5 nitrogen and oxygen atoms in total. The van der Waals surface area contributed by atoms with Crippen LogP contribution in [0.4, 0.5) is 0 Å². The molecule has 0 saturated carbocycles. The highest BCUT2D eigenvalue weighted by atomic mass is 35.5. The van der Waals surface area contributed by atoms with Gasteiger partial charge in [-0.25, -0.2) is 0 Å². The molecule has 0 radical (unpaired) electrons. The van der Waals surface area contributed by atoms with E-state index in [0.29, 0.717) is 12.1 Å². The molecule has 0 aliphatic rings. The number of nitrogens with one attached hydrogen (secondary N) is 2. The molecular weight excluding hydrogens is 292 g/mol. The van der Waals surface area contributed by atoms with E-state index in [-0.39, 0.29) is 18.6 Å². The first-order valence-electron chi connectivity index (χ1n) is 6.50. The Hall–Kier alpha value is -1.72. The Morgan fingerprint density at radius 2 is 2.14 bits per heavy atom.